The molecule has 2 saturated heterocycles. The van der Waals surface area contributed by atoms with Crippen LogP contribution in [-0.4, -0.2) is 87.2 Å². The second-order valence-electron chi connectivity index (χ2n) is 17.5. The van der Waals surface area contributed by atoms with Gasteiger partial charge in [0.15, 0.2) is 0 Å². The Bertz CT molecular complexity index is 1560. The van der Waals surface area contributed by atoms with Crippen LogP contribution in [0.1, 0.15) is 138 Å². The standard InChI is InChI=1S/C40H58FN5O6.C2H6/c1-39(2,3)51-37(49)43-32(24-13-9-7-10-14-24)35(47)45-20-19-31-34(45)29(28-22-42-30-21-26(41)17-18-27(28)30)23-46(31)36(48)33(25-15-11-8-12-16-25)44-38(50)52-40(4,5)6;1-2/h17-18,21-22,24-25,29,31-34,42H,7-16,19-20,23H2,1-6H3,(H,43,49)(H,44,50);1-2H3/t29-,31-,32?,33?,34-;/m1./s1. The molecule has 2 unspecified atom stereocenters. The molecule has 2 aliphatic carbocycles. The monoisotopic (exact) mass is 753 g/mol. The molecule has 2 aromatic rings. The fraction of sp³-hybridized carbons (Fsp3) is 0.714. The van der Waals surface area contributed by atoms with Gasteiger partial charge in [0.2, 0.25) is 11.8 Å². The second kappa shape index (κ2) is 17.3. The van der Waals surface area contributed by atoms with Crippen LogP contribution in [0.15, 0.2) is 24.4 Å². The third-order valence-corrected chi connectivity index (χ3v) is 11.4. The quantitative estimate of drug-likeness (QED) is 0.261. The molecular weight excluding hydrogens is 689 g/mol. The Kier molecular flexibility index (Phi) is 13.3. The average Bonchev–Trinajstić information content (AvgIpc) is 3.84. The zero-order chi connectivity index (χ0) is 39.4. The van der Waals surface area contributed by atoms with Crippen LogP contribution >= 0.6 is 0 Å². The van der Waals surface area contributed by atoms with Gasteiger partial charge in [-0.2, -0.15) is 0 Å². The molecule has 300 valence electrons. The van der Waals surface area contributed by atoms with Crippen LogP contribution in [0, 0.1) is 17.7 Å². The Morgan fingerprint density at radius 2 is 1.26 bits per heavy atom. The van der Waals surface area contributed by atoms with Crippen LogP contribution in [0.2, 0.25) is 0 Å². The van der Waals surface area contributed by atoms with Gasteiger partial charge in [-0.3, -0.25) is 9.59 Å². The fourth-order valence-corrected chi connectivity index (χ4v) is 9.22. The summed E-state index contributed by atoms with van der Waals surface area (Å²) in [7, 11) is 0. The molecule has 11 nitrogen and oxygen atoms in total. The minimum Gasteiger partial charge on any atom is -0.444 e. The minimum absolute atomic E-state index is 0.0322. The van der Waals surface area contributed by atoms with Gasteiger partial charge in [-0.15, -0.1) is 0 Å². The van der Waals surface area contributed by atoms with Crippen LogP contribution in [0.3, 0.4) is 0 Å². The maximum Gasteiger partial charge on any atom is 0.408 e. The first-order valence-corrected chi connectivity index (χ1v) is 20.5. The first-order chi connectivity index (χ1) is 25.6. The summed E-state index contributed by atoms with van der Waals surface area (Å²) in [5, 5.41) is 6.80. The van der Waals surface area contributed by atoms with Crippen LogP contribution in [0.4, 0.5) is 14.0 Å². The lowest BCUT2D eigenvalue weighted by Gasteiger charge is -2.36. The summed E-state index contributed by atoms with van der Waals surface area (Å²) in [4.78, 5) is 63.1. The maximum absolute atomic E-state index is 14.9. The highest BCUT2D eigenvalue weighted by atomic mass is 19.1. The Morgan fingerprint density at radius 3 is 1.76 bits per heavy atom. The largest absolute Gasteiger partial charge is 0.444 e. The van der Waals surface area contributed by atoms with Crippen molar-refractivity contribution in [3.05, 3.63) is 35.8 Å². The van der Waals surface area contributed by atoms with Crippen LogP contribution in [0.25, 0.3) is 10.9 Å². The molecule has 4 aliphatic rings. The predicted octanol–water partition coefficient (Wildman–Crippen LogP) is 8.18. The fourth-order valence-electron chi connectivity index (χ4n) is 9.22. The van der Waals surface area contributed by atoms with Gasteiger partial charge < -0.3 is 34.9 Å². The molecule has 6 rings (SSSR count). The average molecular weight is 754 g/mol. The number of benzene rings is 1. The summed E-state index contributed by atoms with van der Waals surface area (Å²) in [5.41, 5.74) is 0.101. The lowest BCUT2D eigenvalue weighted by molar-refractivity contribution is -0.138. The highest BCUT2D eigenvalue weighted by molar-refractivity contribution is 5.90. The number of carbonyl (C=O) groups is 4. The Balaban J connectivity index is 0.00000276. The molecule has 1 aromatic carbocycles. The zero-order valence-electron chi connectivity index (χ0n) is 33.8. The van der Waals surface area contributed by atoms with Crippen LogP contribution in [-0.2, 0) is 19.1 Å². The molecule has 3 heterocycles. The number of hydrogen-bond donors (Lipinski definition) is 3. The number of fused-ring (bicyclic) bond motifs is 2. The van der Waals surface area contributed by atoms with Gasteiger partial charge >= 0.3 is 12.2 Å². The number of nitrogens with one attached hydrogen (secondary N) is 3. The third kappa shape index (κ3) is 9.69. The third-order valence-electron chi connectivity index (χ3n) is 11.4. The molecule has 0 bridgehead atoms. The maximum atomic E-state index is 14.9. The van der Waals surface area contributed by atoms with E-state index in [1.807, 2.05) is 29.8 Å². The zero-order valence-corrected chi connectivity index (χ0v) is 33.8. The van der Waals surface area contributed by atoms with Crippen molar-refractivity contribution in [3.63, 3.8) is 0 Å². The van der Waals surface area contributed by atoms with Crippen molar-refractivity contribution >= 4 is 34.9 Å². The molecule has 54 heavy (non-hydrogen) atoms. The van der Waals surface area contributed by atoms with Crippen molar-refractivity contribution in [2.75, 3.05) is 13.1 Å². The van der Waals surface area contributed by atoms with Crippen molar-refractivity contribution in [2.24, 2.45) is 11.8 Å². The van der Waals surface area contributed by atoms with E-state index < -0.39 is 35.5 Å². The summed E-state index contributed by atoms with van der Waals surface area (Å²) >= 11 is 0. The van der Waals surface area contributed by atoms with Crippen molar-refractivity contribution in [2.45, 2.75) is 167 Å². The van der Waals surface area contributed by atoms with Crippen LogP contribution in [0.5, 0.6) is 0 Å². The molecule has 4 amide bonds. The lowest BCUT2D eigenvalue weighted by Crippen LogP contribution is -2.56. The highest BCUT2D eigenvalue weighted by Gasteiger charge is 2.55. The number of alkyl carbamates (subject to hydrolysis) is 2. The molecule has 0 radical (unpaired) electrons. The number of aromatic amines is 1. The smallest absolute Gasteiger partial charge is 0.408 e. The van der Waals surface area contributed by atoms with Gasteiger partial charge in [0, 0.05) is 36.1 Å². The topological polar surface area (TPSA) is 133 Å². The van der Waals surface area contributed by atoms with Crippen molar-refractivity contribution in [1.29, 1.82) is 0 Å². The molecule has 5 atom stereocenters. The van der Waals surface area contributed by atoms with E-state index in [-0.39, 0.29) is 47.5 Å². The first-order valence-electron chi connectivity index (χ1n) is 20.5. The number of nitrogens with zero attached hydrogens (tertiary/aromatic N) is 2. The molecular formula is C42H64FN5O6. The number of rotatable bonds is 7. The van der Waals surface area contributed by atoms with E-state index in [1.54, 1.807) is 47.6 Å². The van der Waals surface area contributed by atoms with E-state index in [9.17, 15) is 23.6 Å². The Labute approximate surface area is 320 Å². The van der Waals surface area contributed by atoms with E-state index in [1.165, 1.54) is 12.1 Å². The highest BCUT2D eigenvalue weighted by Crippen LogP contribution is 2.45. The predicted molar refractivity (Wildman–Crippen MR) is 207 cm³/mol. The number of aromatic nitrogens is 1. The summed E-state index contributed by atoms with van der Waals surface area (Å²) < 4.78 is 25.6. The van der Waals surface area contributed by atoms with E-state index in [0.717, 1.165) is 75.2 Å². The summed E-state index contributed by atoms with van der Waals surface area (Å²) in [6.07, 6.45) is 10.6. The van der Waals surface area contributed by atoms with Crippen LogP contribution < -0.4 is 10.6 Å². The van der Waals surface area contributed by atoms with Crippen molar-refractivity contribution in [1.82, 2.24) is 25.4 Å². The van der Waals surface area contributed by atoms with E-state index >= 15 is 0 Å². The minimum atomic E-state index is -0.764. The van der Waals surface area contributed by atoms with Gasteiger partial charge in [-0.25, -0.2) is 14.0 Å². The van der Waals surface area contributed by atoms with E-state index in [4.69, 9.17) is 9.47 Å². The molecule has 3 N–H and O–H groups in total. The van der Waals surface area contributed by atoms with Gasteiger partial charge in [-0.05, 0) is 109 Å². The number of hydrogen-bond acceptors (Lipinski definition) is 6. The SMILES string of the molecule is CC.CC(C)(C)OC(=O)NC(C(=O)N1CC[C@@H]2[C@H]1[C@@H](c1c[nH]c3cc(F)ccc13)CN2C(=O)C(NC(=O)OC(C)(C)C)C1CCCCC1)C1CCCCC1. The van der Waals surface area contributed by atoms with Gasteiger partial charge in [-0.1, -0.05) is 52.4 Å². The molecule has 4 fully saturated rings. The first kappa shape index (κ1) is 41.3. The summed E-state index contributed by atoms with van der Waals surface area (Å²) in [5.74, 6) is -1.03. The van der Waals surface area contributed by atoms with Crippen molar-refractivity contribution < 1.29 is 33.0 Å². The van der Waals surface area contributed by atoms with Crippen molar-refractivity contribution in [3.8, 4) is 0 Å². The van der Waals surface area contributed by atoms with E-state index in [0.29, 0.717) is 25.0 Å². The number of ether oxygens (including phenoxy) is 2. The second-order valence-corrected chi connectivity index (χ2v) is 17.5. The molecule has 1 aromatic heterocycles. The van der Waals surface area contributed by atoms with E-state index in [2.05, 4.69) is 15.6 Å². The van der Waals surface area contributed by atoms with Gasteiger partial charge in [0.05, 0.1) is 12.1 Å². The number of halogens is 1. The Hall–Kier alpha value is -3.83. The summed E-state index contributed by atoms with van der Waals surface area (Å²) in [6, 6.07) is 2.41. The molecule has 12 heteroatoms. The number of likely N-dealkylation sites (tertiary alicyclic amines) is 2. The van der Waals surface area contributed by atoms with Gasteiger partial charge in [0.1, 0.15) is 29.1 Å². The molecule has 2 saturated carbocycles. The number of carbonyl (C=O) groups excluding carboxylic acids is 4. The number of amides is 4. The molecule has 2 aliphatic heterocycles. The normalized spacial score (nSPS) is 23.5. The summed E-state index contributed by atoms with van der Waals surface area (Å²) in [6.45, 7) is 15.5. The Morgan fingerprint density at radius 1 is 0.759 bits per heavy atom. The number of H-pyrrole nitrogens is 1. The molecule has 0 spiro atoms. The van der Waals surface area contributed by atoms with Gasteiger partial charge in [0.25, 0.3) is 0 Å². The lowest BCUT2D eigenvalue weighted by atomic mass is 9.83.